The third kappa shape index (κ3) is 9.55. The Labute approximate surface area is 180 Å². The van der Waals surface area contributed by atoms with Crippen LogP contribution in [0.3, 0.4) is 0 Å². The van der Waals surface area contributed by atoms with E-state index in [9.17, 15) is 0 Å². The number of aromatic nitrogens is 3. The highest BCUT2D eigenvalue weighted by atomic mass is 127. The molecule has 0 aliphatic heterocycles. The van der Waals surface area contributed by atoms with Gasteiger partial charge in [0.05, 0.1) is 0 Å². The van der Waals surface area contributed by atoms with Crippen LogP contribution in [0, 0.1) is 0 Å². The van der Waals surface area contributed by atoms with Crippen LogP contribution in [0.25, 0.3) is 0 Å². The van der Waals surface area contributed by atoms with Gasteiger partial charge in [0.15, 0.2) is 5.96 Å². The Morgan fingerprint density at radius 1 is 1.30 bits per heavy atom. The molecule has 1 aromatic heterocycles. The van der Waals surface area contributed by atoms with E-state index in [1.54, 1.807) is 19.0 Å². The van der Waals surface area contributed by atoms with Crippen LogP contribution in [0.4, 0.5) is 0 Å². The molecule has 0 saturated carbocycles. The summed E-state index contributed by atoms with van der Waals surface area (Å²) in [4.78, 5) is 4.66. The molecule has 1 aromatic rings. The highest BCUT2D eigenvalue weighted by molar-refractivity contribution is 14.0. The van der Waals surface area contributed by atoms with Crippen molar-refractivity contribution in [3.63, 3.8) is 0 Å². The lowest BCUT2D eigenvalue weighted by molar-refractivity contribution is 0.197. The molecule has 27 heavy (non-hydrogen) atoms. The van der Waals surface area contributed by atoms with E-state index in [1.165, 1.54) is 25.7 Å². The smallest absolute Gasteiger partial charge is 0.191 e. The van der Waals surface area contributed by atoms with Crippen molar-refractivity contribution in [1.82, 2.24) is 25.4 Å². The first kappa shape index (κ1) is 23.9. The second-order valence-electron chi connectivity index (χ2n) is 6.58. The summed E-state index contributed by atoms with van der Waals surface area (Å²) in [6.07, 6.45) is 12.3. The molecule has 0 amide bonds. The fourth-order valence-electron chi connectivity index (χ4n) is 3.08. The van der Waals surface area contributed by atoms with E-state index in [-0.39, 0.29) is 24.0 Å². The number of halogens is 1. The van der Waals surface area contributed by atoms with Gasteiger partial charge in [-0.3, -0.25) is 4.99 Å². The fraction of sp³-hybridized carbons (Fsp3) is 0.737. The number of nitrogens with zero attached hydrogens (tertiary/aromatic N) is 4. The molecule has 2 N–H and O–H groups in total. The van der Waals surface area contributed by atoms with Crippen LogP contribution >= 0.6 is 24.0 Å². The first-order valence-electron chi connectivity index (χ1n) is 9.89. The lowest BCUT2D eigenvalue weighted by atomic mass is 9.97. The number of rotatable bonds is 11. The molecule has 2 rings (SSSR count). The lowest BCUT2D eigenvalue weighted by Crippen LogP contribution is -2.39. The molecule has 0 bridgehead atoms. The molecule has 0 radical (unpaired) electrons. The summed E-state index contributed by atoms with van der Waals surface area (Å²) in [5, 5.41) is 15.0. The van der Waals surface area contributed by atoms with Crippen LogP contribution in [0.5, 0.6) is 0 Å². The Morgan fingerprint density at radius 3 is 2.89 bits per heavy atom. The summed E-state index contributed by atoms with van der Waals surface area (Å²) in [7, 11) is 1.73. The van der Waals surface area contributed by atoms with Gasteiger partial charge < -0.3 is 19.9 Å². The molecule has 1 heterocycles. The van der Waals surface area contributed by atoms with Gasteiger partial charge in [-0.15, -0.1) is 34.2 Å². The van der Waals surface area contributed by atoms with Crippen LogP contribution in [0.2, 0.25) is 0 Å². The zero-order chi connectivity index (χ0) is 18.5. The number of allylic oxidation sites excluding steroid dienone is 1. The van der Waals surface area contributed by atoms with Crippen LogP contribution < -0.4 is 10.6 Å². The first-order chi connectivity index (χ1) is 12.8. The Balaban J connectivity index is 0.00000364. The number of aliphatic imine (C=N–C) groups is 1. The van der Waals surface area contributed by atoms with Crippen molar-refractivity contribution in [3.05, 3.63) is 23.8 Å². The highest BCUT2D eigenvalue weighted by Gasteiger charge is 2.05. The third-order valence-corrected chi connectivity index (χ3v) is 4.56. The van der Waals surface area contributed by atoms with Gasteiger partial charge in [0.25, 0.3) is 0 Å². The summed E-state index contributed by atoms with van der Waals surface area (Å²) >= 11 is 0. The maximum absolute atomic E-state index is 5.10. The van der Waals surface area contributed by atoms with Gasteiger partial charge in [0, 0.05) is 46.3 Å². The molecule has 1 aliphatic rings. The second-order valence-corrected chi connectivity index (χ2v) is 6.58. The molecule has 7 nitrogen and oxygen atoms in total. The number of hydrogen-bond acceptors (Lipinski definition) is 4. The molecular weight excluding hydrogens is 455 g/mol. The predicted molar refractivity (Wildman–Crippen MR) is 121 cm³/mol. The minimum absolute atomic E-state index is 0. The van der Waals surface area contributed by atoms with Gasteiger partial charge >= 0.3 is 0 Å². The Hall–Kier alpha value is -1.16. The predicted octanol–water partition coefficient (Wildman–Crippen LogP) is 2.92. The van der Waals surface area contributed by atoms with Crippen molar-refractivity contribution in [1.29, 1.82) is 0 Å². The van der Waals surface area contributed by atoms with Crippen LogP contribution in [0.15, 0.2) is 23.0 Å². The average molecular weight is 490 g/mol. The van der Waals surface area contributed by atoms with E-state index < -0.39 is 0 Å². The Morgan fingerprint density at radius 2 is 2.15 bits per heavy atom. The zero-order valence-corrected chi connectivity index (χ0v) is 19.1. The van der Waals surface area contributed by atoms with E-state index in [4.69, 9.17) is 4.74 Å². The van der Waals surface area contributed by atoms with Gasteiger partial charge in [-0.2, -0.15) is 0 Å². The average Bonchev–Trinajstić information content (AvgIpc) is 3.13. The lowest BCUT2D eigenvalue weighted by Gasteiger charge is -2.16. The molecule has 0 aromatic carbocycles. The van der Waals surface area contributed by atoms with Crippen molar-refractivity contribution < 1.29 is 4.74 Å². The van der Waals surface area contributed by atoms with E-state index in [1.807, 2.05) is 0 Å². The molecular formula is C19H35IN6O. The van der Waals surface area contributed by atoms with E-state index in [0.29, 0.717) is 0 Å². The molecule has 0 spiro atoms. The molecule has 1 aliphatic carbocycles. The van der Waals surface area contributed by atoms with Gasteiger partial charge in [-0.1, -0.05) is 18.6 Å². The molecule has 0 unspecified atom stereocenters. The Bertz CT molecular complexity index is 572. The van der Waals surface area contributed by atoms with Crippen molar-refractivity contribution in [2.75, 3.05) is 33.4 Å². The van der Waals surface area contributed by atoms with Gasteiger partial charge in [0.2, 0.25) is 0 Å². The van der Waals surface area contributed by atoms with Gasteiger partial charge in [-0.25, -0.2) is 0 Å². The molecule has 0 saturated heterocycles. The van der Waals surface area contributed by atoms with E-state index >= 15 is 0 Å². The van der Waals surface area contributed by atoms with Crippen molar-refractivity contribution in [2.24, 2.45) is 4.99 Å². The first-order valence-corrected chi connectivity index (χ1v) is 9.89. The number of ether oxygens (including phenoxy) is 1. The summed E-state index contributed by atoms with van der Waals surface area (Å²) in [6, 6.07) is 0. The van der Waals surface area contributed by atoms with Crippen molar-refractivity contribution >= 4 is 29.9 Å². The molecule has 8 heteroatoms. The van der Waals surface area contributed by atoms with Gasteiger partial charge in [-0.05, 0) is 38.5 Å². The van der Waals surface area contributed by atoms with Crippen molar-refractivity contribution in [2.45, 2.75) is 58.4 Å². The third-order valence-electron chi connectivity index (χ3n) is 4.56. The highest BCUT2D eigenvalue weighted by Crippen LogP contribution is 2.19. The Kier molecular flexibility index (Phi) is 13.1. The van der Waals surface area contributed by atoms with Crippen LogP contribution in [-0.2, 0) is 17.7 Å². The van der Waals surface area contributed by atoms with Crippen LogP contribution in [0.1, 0.15) is 51.3 Å². The summed E-state index contributed by atoms with van der Waals surface area (Å²) < 4.78 is 7.19. The zero-order valence-electron chi connectivity index (χ0n) is 16.7. The standard InChI is InChI=1S/C19H34N6O.HI/c1-3-18-24-23-16-25(18)14-13-22-19(20-11-7-15-26-2)21-12-10-17-8-5-4-6-9-17;/h8,16H,3-7,9-15H2,1-2H3,(H2,20,21,22);1H. The number of guanidine groups is 1. The topological polar surface area (TPSA) is 76.4 Å². The maximum atomic E-state index is 5.10. The minimum Gasteiger partial charge on any atom is -0.385 e. The van der Waals surface area contributed by atoms with E-state index in [0.717, 1.165) is 63.8 Å². The van der Waals surface area contributed by atoms with Crippen LogP contribution in [-0.4, -0.2) is 54.1 Å². The normalized spacial score (nSPS) is 14.4. The quantitative estimate of drug-likeness (QED) is 0.164. The molecule has 154 valence electrons. The molecule has 0 atom stereocenters. The summed E-state index contributed by atoms with van der Waals surface area (Å²) in [6.45, 7) is 6.15. The minimum atomic E-state index is 0. The van der Waals surface area contributed by atoms with Crippen molar-refractivity contribution in [3.8, 4) is 0 Å². The summed E-state index contributed by atoms with van der Waals surface area (Å²) in [5.74, 6) is 1.89. The SMILES string of the molecule is CCc1nncn1CCNC(=NCCCOC)NCCC1=CCCCC1.I. The molecule has 0 fully saturated rings. The largest absolute Gasteiger partial charge is 0.385 e. The van der Waals surface area contributed by atoms with Gasteiger partial charge in [0.1, 0.15) is 12.2 Å². The number of methoxy groups -OCH3 is 1. The number of nitrogens with one attached hydrogen (secondary N) is 2. The number of hydrogen-bond donors (Lipinski definition) is 2. The fourth-order valence-corrected chi connectivity index (χ4v) is 3.08. The van der Waals surface area contributed by atoms with E-state index in [2.05, 4.69) is 43.4 Å². The maximum Gasteiger partial charge on any atom is 0.191 e. The monoisotopic (exact) mass is 490 g/mol. The summed E-state index contributed by atoms with van der Waals surface area (Å²) in [5.41, 5.74) is 1.58. The second kappa shape index (κ2) is 14.8. The number of aryl methyl sites for hydroxylation is 1.